The number of carbonyl (C=O) groups excluding carboxylic acids is 1. The first kappa shape index (κ1) is 13.6. The van der Waals surface area contributed by atoms with E-state index in [-0.39, 0.29) is 6.10 Å². The van der Waals surface area contributed by atoms with Crippen LogP contribution < -0.4 is 0 Å². The molecular weight excluding hydrogens is 242 g/mol. The van der Waals surface area contributed by atoms with Gasteiger partial charge in [-0.3, -0.25) is 9.69 Å². The highest BCUT2D eigenvalue weighted by molar-refractivity contribution is 5.37. The van der Waals surface area contributed by atoms with E-state index in [2.05, 4.69) is 10.8 Å². The number of benzene rings is 1. The number of ether oxygens (including phenoxy) is 2. The van der Waals surface area contributed by atoms with Gasteiger partial charge >= 0.3 is 0 Å². The molecule has 0 aliphatic carbocycles. The average Bonchev–Trinajstić information content (AvgIpc) is 2.46. The van der Waals surface area contributed by atoms with Gasteiger partial charge in [-0.05, 0) is 17.7 Å². The number of carbonyl (C=O) groups is 1. The molecule has 1 aromatic carbocycles. The van der Waals surface area contributed by atoms with Crippen molar-refractivity contribution in [2.75, 3.05) is 26.3 Å². The normalized spacial score (nSPS) is 19.6. The van der Waals surface area contributed by atoms with Gasteiger partial charge in [-0.1, -0.05) is 18.1 Å². The van der Waals surface area contributed by atoms with Crippen molar-refractivity contribution >= 4 is 6.47 Å². The first-order valence-corrected chi connectivity index (χ1v) is 6.26. The lowest BCUT2D eigenvalue weighted by Gasteiger charge is -2.32. The van der Waals surface area contributed by atoms with E-state index in [1.54, 1.807) is 0 Å². The lowest BCUT2D eigenvalue weighted by atomic mass is 10.1. The summed E-state index contributed by atoms with van der Waals surface area (Å²) in [6, 6.07) is 7.98. The maximum absolute atomic E-state index is 10.2. The van der Waals surface area contributed by atoms with E-state index in [0.29, 0.717) is 19.7 Å². The van der Waals surface area contributed by atoms with Crippen molar-refractivity contribution in [3.05, 3.63) is 35.4 Å². The van der Waals surface area contributed by atoms with Crippen molar-refractivity contribution in [3.63, 3.8) is 0 Å². The Kier molecular flexibility index (Phi) is 4.96. The number of terminal acetylenes is 1. The summed E-state index contributed by atoms with van der Waals surface area (Å²) in [5.74, 6) is 2.60. The Hall–Kier alpha value is -1.83. The van der Waals surface area contributed by atoms with Crippen molar-refractivity contribution in [2.45, 2.75) is 12.6 Å². The minimum atomic E-state index is -0.0380. The van der Waals surface area contributed by atoms with E-state index in [0.717, 1.165) is 25.2 Å². The van der Waals surface area contributed by atoms with E-state index in [1.165, 1.54) is 5.56 Å². The molecule has 0 amide bonds. The molecule has 0 saturated carbocycles. The Balaban J connectivity index is 1.87. The van der Waals surface area contributed by atoms with E-state index >= 15 is 0 Å². The zero-order chi connectivity index (χ0) is 13.5. The number of rotatable bonds is 5. The first-order chi connectivity index (χ1) is 9.31. The van der Waals surface area contributed by atoms with E-state index < -0.39 is 0 Å². The molecule has 4 nitrogen and oxygen atoms in total. The molecule has 1 aliphatic rings. The lowest BCUT2D eigenvalue weighted by Crippen LogP contribution is -2.43. The molecule has 0 N–H and O–H groups in total. The fourth-order valence-electron chi connectivity index (χ4n) is 2.14. The molecule has 1 unspecified atom stereocenters. The molecule has 4 heteroatoms. The zero-order valence-corrected chi connectivity index (χ0v) is 10.7. The molecule has 100 valence electrons. The van der Waals surface area contributed by atoms with Gasteiger partial charge in [0.1, 0.15) is 12.7 Å². The highest BCUT2D eigenvalue weighted by atomic mass is 16.6. The quantitative estimate of drug-likeness (QED) is 0.585. The predicted octanol–water partition coefficient (Wildman–Crippen LogP) is 1.04. The average molecular weight is 259 g/mol. The van der Waals surface area contributed by atoms with Gasteiger partial charge in [0.05, 0.1) is 6.61 Å². The van der Waals surface area contributed by atoms with Crippen LogP contribution in [0.1, 0.15) is 11.1 Å². The van der Waals surface area contributed by atoms with Gasteiger partial charge < -0.3 is 9.47 Å². The summed E-state index contributed by atoms with van der Waals surface area (Å²) in [5.41, 5.74) is 2.11. The summed E-state index contributed by atoms with van der Waals surface area (Å²) in [6.45, 7) is 3.94. The maximum atomic E-state index is 10.2. The Bertz CT molecular complexity index is 449. The number of hydrogen-bond donors (Lipinski definition) is 0. The van der Waals surface area contributed by atoms with Gasteiger partial charge in [0.25, 0.3) is 6.47 Å². The highest BCUT2D eigenvalue weighted by Crippen LogP contribution is 2.11. The monoisotopic (exact) mass is 259 g/mol. The molecule has 0 aromatic heterocycles. The van der Waals surface area contributed by atoms with Gasteiger partial charge in [-0.15, -0.1) is 6.42 Å². The summed E-state index contributed by atoms with van der Waals surface area (Å²) in [7, 11) is 0. The molecule has 1 saturated heterocycles. The lowest BCUT2D eigenvalue weighted by molar-refractivity contribution is -0.135. The first-order valence-electron chi connectivity index (χ1n) is 6.26. The molecule has 0 spiro atoms. The molecule has 0 radical (unpaired) electrons. The minimum absolute atomic E-state index is 0.0380. The van der Waals surface area contributed by atoms with Crippen molar-refractivity contribution in [2.24, 2.45) is 0 Å². The van der Waals surface area contributed by atoms with Crippen LogP contribution in [-0.4, -0.2) is 43.8 Å². The van der Waals surface area contributed by atoms with Gasteiger partial charge in [0.15, 0.2) is 0 Å². The molecule has 1 fully saturated rings. The van der Waals surface area contributed by atoms with Crippen molar-refractivity contribution in [1.82, 2.24) is 4.90 Å². The van der Waals surface area contributed by atoms with E-state index in [1.807, 2.05) is 24.3 Å². The Morgan fingerprint density at radius 3 is 2.95 bits per heavy atom. The van der Waals surface area contributed by atoms with Gasteiger partial charge in [0, 0.05) is 25.2 Å². The Morgan fingerprint density at radius 1 is 1.47 bits per heavy atom. The Morgan fingerprint density at radius 2 is 2.26 bits per heavy atom. The van der Waals surface area contributed by atoms with Crippen LogP contribution in [0.25, 0.3) is 0 Å². The van der Waals surface area contributed by atoms with Crippen LogP contribution in [0, 0.1) is 12.3 Å². The molecular formula is C15H17NO3. The number of hydrogen-bond acceptors (Lipinski definition) is 4. The summed E-state index contributed by atoms with van der Waals surface area (Å²) in [6.07, 6.45) is 5.29. The van der Waals surface area contributed by atoms with Gasteiger partial charge in [-0.2, -0.15) is 0 Å². The van der Waals surface area contributed by atoms with Crippen LogP contribution in [0.5, 0.6) is 0 Å². The van der Waals surface area contributed by atoms with Crippen molar-refractivity contribution in [1.29, 1.82) is 0 Å². The molecule has 1 aromatic rings. The Labute approximate surface area is 113 Å². The van der Waals surface area contributed by atoms with Crippen LogP contribution in [0.3, 0.4) is 0 Å². The third-order valence-electron chi connectivity index (χ3n) is 3.10. The molecule has 1 aliphatic heterocycles. The van der Waals surface area contributed by atoms with Crippen LogP contribution in [0.4, 0.5) is 0 Å². The minimum Gasteiger partial charge on any atom is -0.465 e. The molecule has 1 heterocycles. The third kappa shape index (κ3) is 4.09. The highest BCUT2D eigenvalue weighted by Gasteiger charge is 2.20. The number of nitrogens with zero attached hydrogens (tertiary/aromatic N) is 1. The van der Waals surface area contributed by atoms with Crippen LogP contribution in [0.2, 0.25) is 0 Å². The fourth-order valence-corrected chi connectivity index (χ4v) is 2.14. The number of morpholine rings is 1. The summed E-state index contributed by atoms with van der Waals surface area (Å²) < 4.78 is 10.3. The van der Waals surface area contributed by atoms with E-state index in [4.69, 9.17) is 15.9 Å². The fraction of sp³-hybridized carbons (Fsp3) is 0.400. The van der Waals surface area contributed by atoms with Crippen molar-refractivity contribution in [3.8, 4) is 12.3 Å². The van der Waals surface area contributed by atoms with Crippen LogP contribution in [-0.2, 0) is 20.8 Å². The molecule has 19 heavy (non-hydrogen) atoms. The van der Waals surface area contributed by atoms with Crippen molar-refractivity contribution < 1.29 is 14.3 Å². The predicted molar refractivity (Wildman–Crippen MR) is 71.4 cm³/mol. The smallest absolute Gasteiger partial charge is 0.293 e. The molecule has 2 rings (SSSR count). The van der Waals surface area contributed by atoms with Gasteiger partial charge in [-0.25, -0.2) is 0 Å². The largest absolute Gasteiger partial charge is 0.465 e. The second-order valence-electron chi connectivity index (χ2n) is 4.50. The second kappa shape index (κ2) is 6.93. The SMILES string of the molecule is C#Cc1ccc(CN2CCOC(COC=O)C2)cc1. The topological polar surface area (TPSA) is 38.8 Å². The van der Waals surface area contributed by atoms with Gasteiger partial charge in [0.2, 0.25) is 0 Å². The molecule has 0 bridgehead atoms. The summed E-state index contributed by atoms with van der Waals surface area (Å²) >= 11 is 0. The third-order valence-corrected chi connectivity index (χ3v) is 3.10. The standard InChI is InChI=1S/C15H17NO3/c1-2-13-3-5-14(6-4-13)9-16-7-8-19-15(10-16)11-18-12-17/h1,3-6,12,15H,7-11H2. The second-order valence-corrected chi connectivity index (χ2v) is 4.50. The van der Waals surface area contributed by atoms with Crippen LogP contribution >= 0.6 is 0 Å². The molecule has 1 atom stereocenters. The summed E-state index contributed by atoms with van der Waals surface area (Å²) in [4.78, 5) is 12.5. The van der Waals surface area contributed by atoms with Crippen LogP contribution in [0.15, 0.2) is 24.3 Å². The summed E-state index contributed by atoms with van der Waals surface area (Å²) in [5, 5.41) is 0. The maximum Gasteiger partial charge on any atom is 0.293 e. The zero-order valence-electron chi connectivity index (χ0n) is 10.7. The van der Waals surface area contributed by atoms with E-state index in [9.17, 15) is 4.79 Å².